The van der Waals surface area contributed by atoms with E-state index in [4.69, 9.17) is 5.26 Å². The van der Waals surface area contributed by atoms with Gasteiger partial charge in [0.15, 0.2) is 0 Å². The summed E-state index contributed by atoms with van der Waals surface area (Å²) in [5.41, 5.74) is 1.04. The third-order valence-corrected chi connectivity index (χ3v) is 2.94. The summed E-state index contributed by atoms with van der Waals surface area (Å²) in [5.74, 6) is 2.56. The molecule has 0 aromatic carbocycles. The van der Waals surface area contributed by atoms with Crippen LogP contribution in [0.3, 0.4) is 0 Å². The van der Waals surface area contributed by atoms with E-state index in [0.717, 1.165) is 29.6 Å². The SMILES string of the molecule is CCNc1nc(C)nc(N(CCC#N)C(C)C)c1C. The molecule has 1 heterocycles. The molecule has 0 fully saturated rings. The summed E-state index contributed by atoms with van der Waals surface area (Å²) < 4.78 is 0. The molecule has 1 aromatic heterocycles. The van der Waals surface area contributed by atoms with Crippen LogP contribution in [0.25, 0.3) is 0 Å². The standard InChI is InChI=1S/C14H23N5/c1-6-16-13-11(4)14(18-12(5)17-13)19(10(2)3)9-7-8-15/h10H,6-7,9H2,1-5H3,(H,16,17,18). The average molecular weight is 261 g/mol. The van der Waals surface area contributed by atoms with Gasteiger partial charge in [-0.05, 0) is 34.6 Å². The highest BCUT2D eigenvalue weighted by Crippen LogP contribution is 2.25. The molecule has 0 amide bonds. The number of nitrogens with one attached hydrogen (secondary N) is 1. The van der Waals surface area contributed by atoms with Gasteiger partial charge in [-0.1, -0.05) is 0 Å². The van der Waals surface area contributed by atoms with Crippen LogP contribution in [-0.4, -0.2) is 29.1 Å². The molecule has 1 N–H and O–H groups in total. The van der Waals surface area contributed by atoms with Crippen molar-refractivity contribution >= 4 is 11.6 Å². The first-order valence-corrected chi connectivity index (χ1v) is 6.73. The van der Waals surface area contributed by atoms with Crippen LogP contribution in [0.5, 0.6) is 0 Å². The first-order valence-electron chi connectivity index (χ1n) is 6.73. The average Bonchev–Trinajstić information content (AvgIpc) is 2.35. The van der Waals surface area contributed by atoms with Gasteiger partial charge in [0, 0.05) is 24.7 Å². The van der Waals surface area contributed by atoms with Gasteiger partial charge >= 0.3 is 0 Å². The summed E-state index contributed by atoms with van der Waals surface area (Å²) in [5, 5.41) is 12.0. The smallest absolute Gasteiger partial charge is 0.137 e. The van der Waals surface area contributed by atoms with Crippen LogP contribution in [0, 0.1) is 25.2 Å². The van der Waals surface area contributed by atoms with E-state index < -0.39 is 0 Å². The molecule has 5 nitrogen and oxygen atoms in total. The minimum Gasteiger partial charge on any atom is -0.370 e. The molecule has 0 aliphatic heterocycles. The van der Waals surface area contributed by atoms with Crippen LogP contribution >= 0.6 is 0 Å². The lowest BCUT2D eigenvalue weighted by atomic mass is 10.2. The molecular formula is C14H23N5. The maximum absolute atomic E-state index is 8.78. The third-order valence-electron chi connectivity index (χ3n) is 2.94. The summed E-state index contributed by atoms with van der Waals surface area (Å²) in [6, 6.07) is 2.50. The Hall–Kier alpha value is -1.83. The molecule has 0 spiro atoms. The van der Waals surface area contributed by atoms with Gasteiger partial charge in [-0.25, -0.2) is 9.97 Å². The summed E-state index contributed by atoms with van der Waals surface area (Å²) in [7, 11) is 0. The van der Waals surface area contributed by atoms with Crippen LogP contribution in [-0.2, 0) is 0 Å². The van der Waals surface area contributed by atoms with Crippen molar-refractivity contribution in [3.63, 3.8) is 0 Å². The van der Waals surface area contributed by atoms with Crippen LogP contribution < -0.4 is 10.2 Å². The minimum absolute atomic E-state index is 0.302. The predicted octanol–water partition coefficient (Wildman–Crippen LogP) is 2.65. The highest BCUT2D eigenvalue weighted by molar-refractivity contribution is 5.59. The minimum atomic E-state index is 0.302. The van der Waals surface area contributed by atoms with Crippen molar-refractivity contribution in [2.45, 2.75) is 47.1 Å². The highest BCUT2D eigenvalue weighted by Gasteiger charge is 2.17. The maximum atomic E-state index is 8.78. The number of nitriles is 1. The zero-order valence-electron chi connectivity index (χ0n) is 12.5. The Morgan fingerprint density at radius 2 is 2.00 bits per heavy atom. The van der Waals surface area contributed by atoms with Crippen LogP contribution in [0.1, 0.15) is 38.6 Å². The largest absolute Gasteiger partial charge is 0.370 e. The quantitative estimate of drug-likeness (QED) is 0.852. The lowest BCUT2D eigenvalue weighted by Crippen LogP contribution is -2.33. The summed E-state index contributed by atoms with van der Waals surface area (Å²) in [6.07, 6.45) is 0.497. The normalized spacial score (nSPS) is 10.4. The first kappa shape index (κ1) is 15.2. The Morgan fingerprint density at radius 1 is 1.32 bits per heavy atom. The van der Waals surface area contributed by atoms with Gasteiger partial charge < -0.3 is 10.2 Å². The van der Waals surface area contributed by atoms with E-state index in [1.165, 1.54) is 0 Å². The van der Waals surface area contributed by atoms with Gasteiger partial charge in [-0.15, -0.1) is 0 Å². The Kier molecular flexibility index (Phi) is 5.56. The number of aromatic nitrogens is 2. The van der Waals surface area contributed by atoms with E-state index in [2.05, 4.69) is 40.1 Å². The van der Waals surface area contributed by atoms with E-state index in [1.807, 2.05) is 20.8 Å². The van der Waals surface area contributed by atoms with Gasteiger partial charge in [0.25, 0.3) is 0 Å². The zero-order valence-corrected chi connectivity index (χ0v) is 12.5. The lowest BCUT2D eigenvalue weighted by molar-refractivity contribution is 0.671. The molecule has 0 saturated heterocycles. The lowest BCUT2D eigenvalue weighted by Gasteiger charge is -2.29. The maximum Gasteiger partial charge on any atom is 0.137 e. The monoisotopic (exact) mass is 261 g/mol. The fourth-order valence-corrected chi connectivity index (χ4v) is 2.01. The third kappa shape index (κ3) is 3.82. The van der Waals surface area contributed by atoms with Crippen molar-refractivity contribution in [2.75, 3.05) is 23.3 Å². The molecule has 5 heteroatoms. The summed E-state index contributed by atoms with van der Waals surface area (Å²) in [4.78, 5) is 11.1. The van der Waals surface area contributed by atoms with Gasteiger partial charge in [-0.2, -0.15) is 5.26 Å². The molecule has 1 rings (SSSR count). The van der Waals surface area contributed by atoms with Crippen molar-refractivity contribution < 1.29 is 0 Å². The van der Waals surface area contributed by atoms with Gasteiger partial charge in [-0.3, -0.25) is 0 Å². The highest BCUT2D eigenvalue weighted by atomic mass is 15.2. The fraction of sp³-hybridized carbons (Fsp3) is 0.643. The molecule has 0 radical (unpaired) electrons. The molecule has 0 aliphatic rings. The molecule has 0 aliphatic carbocycles. The number of rotatable bonds is 6. The van der Waals surface area contributed by atoms with E-state index in [9.17, 15) is 0 Å². The summed E-state index contributed by atoms with van der Waals surface area (Å²) in [6.45, 7) is 11.7. The fourth-order valence-electron chi connectivity index (χ4n) is 2.01. The Balaban J connectivity index is 3.18. The van der Waals surface area contributed by atoms with Crippen molar-refractivity contribution in [3.05, 3.63) is 11.4 Å². The predicted molar refractivity (Wildman–Crippen MR) is 78.4 cm³/mol. The number of hydrogen-bond donors (Lipinski definition) is 1. The first-order chi connectivity index (χ1) is 9.01. The Labute approximate surface area is 115 Å². The number of aryl methyl sites for hydroxylation is 1. The molecule has 0 unspecified atom stereocenters. The second-order valence-corrected chi connectivity index (χ2v) is 4.79. The van der Waals surface area contributed by atoms with E-state index in [-0.39, 0.29) is 0 Å². The molecule has 1 aromatic rings. The van der Waals surface area contributed by atoms with Gasteiger partial charge in [0.1, 0.15) is 17.5 Å². The van der Waals surface area contributed by atoms with E-state index >= 15 is 0 Å². The van der Waals surface area contributed by atoms with E-state index in [1.54, 1.807) is 0 Å². The number of anilines is 2. The summed E-state index contributed by atoms with van der Waals surface area (Å²) >= 11 is 0. The number of nitrogens with zero attached hydrogens (tertiary/aromatic N) is 4. The Bertz CT molecular complexity index is 462. The van der Waals surface area contributed by atoms with E-state index in [0.29, 0.717) is 19.0 Å². The molecule has 0 atom stereocenters. The van der Waals surface area contributed by atoms with Gasteiger partial charge in [0.05, 0.1) is 12.5 Å². The second-order valence-electron chi connectivity index (χ2n) is 4.79. The van der Waals surface area contributed by atoms with Crippen LogP contribution in [0.15, 0.2) is 0 Å². The van der Waals surface area contributed by atoms with Crippen molar-refractivity contribution in [1.29, 1.82) is 5.26 Å². The van der Waals surface area contributed by atoms with Crippen LogP contribution in [0.2, 0.25) is 0 Å². The topological polar surface area (TPSA) is 64.8 Å². The van der Waals surface area contributed by atoms with Crippen molar-refractivity contribution in [2.24, 2.45) is 0 Å². The molecular weight excluding hydrogens is 238 g/mol. The van der Waals surface area contributed by atoms with Gasteiger partial charge in [0.2, 0.25) is 0 Å². The molecule has 0 bridgehead atoms. The Morgan fingerprint density at radius 3 is 2.53 bits per heavy atom. The molecule has 104 valence electrons. The van der Waals surface area contributed by atoms with Crippen molar-refractivity contribution in [3.8, 4) is 6.07 Å². The molecule has 19 heavy (non-hydrogen) atoms. The molecule has 0 saturated carbocycles. The van der Waals surface area contributed by atoms with Crippen LogP contribution in [0.4, 0.5) is 11.6 Å². The number of hydrogen-bond acceptors (Lipinski definition) is 5. The second kappa shape index (κ2) is 6.93. The zero-order chi connectivity index (χ0) is 14.4. The van der Waals surface area contributed by atoms with Crippen molar-refractivity contribution in [1.82, 2.24) is 9.97 Å².